The summed E-state index contributed by atoms with van der Waals surface area (Å²) in [6.07, 6.45) is 1.87. The summed E-state index contributed by atoms with van der Waals surface area (Å²) >= 11 is 3.51. The van der Waals surface area contributed by atoms with Crippen LogP contribution in [-0.2, 0) is 6.54 Å². The van der Waals surface area contributed by atoms with Crippen LogP contribution in [0.3, 0.4) is 0 Å². The van der Waals surface area contributed by atoms with Gasteiger partial charge in [-0.05, 0) is 29.8 Å². The van der Waals surface area contributed by atoms with E-state index < -0.39 is 0 Å². The fraction of sp³-hybridized carbons (Fsp3) is 0.0714. The lowest BCUT2D eigenvalue weighted by Gasteiger charge is -2.07. The average Bonchev–Trinajstić information content (AvgIpc) is 2.81. The summed E-state index contributed by atoms with van der Waals surface area (Å²) in [4.78, 5) is 0. The maximum Gasteiger partial charge on any atom is 0.0741 e. The van der Waals surface area contributed by atoms with Crippen LogP contribution in [0, 0.1) is 0 Å². The quantitative estimate of drug-likeness (QED) is 0.789. The zero-order chi connectivity index (χ0) is 12.5. The van der Waals surface area contributed by atoms with Crippen molar-refractivity contribution in [2.45, 2.75) is 6.54 Å². The van der Waals surface area contributed by atoms with E-state index in [4.69, 9.17) is 5.73 Å². The molecule has 0 saturated heterocycles. The molecular formula is C14H12BrN3. The smallest absolute Gasteiger partial charge is 0.0741 e. The van der Waals surface area contributed by atoms with Gasteiger partial charge in [-0.3, -0.25) is 0 Å². The molecule has 0 spiro atoms. The third-order valence-corrected chi connectivity index (χ3v) is 3.36. The highest BCUT2D eigenvalue weighted by Gasteiger charge is 2.05. The molecule has 1 heterocycles. The van der Waals surface area contributed by atoms with Gasteiger partial charge in [-0.25, -0.2) is 4.68 Å². The predicted octanol–water partition coefficient (Wildman–Crippen LogP) is 3.25. The van der Waals surface area contributed by atoms with Gasteiger partial charge in [0.05, 0.1) is 17.4 Å². The SMILES string of the molecule is NCc1cc(Br)cc(-n2ncc3ccccc32)c1. The monoisotopic (exact) mass is 301 g/mol. The van der Waals surface area contributed by atoms with E-state index in [0.29, 0.717) is 6.54 Å². The summed E-state index contributed by atoms with van der Waals surface area (Å²) in [5, 5.41) is 5.57. The number of hydrogen-bond acceptors (Lipinski definition) is 2. The Kier molecular flexibility index (Phi) is 2.89. The Balaban J connectivity index is 2.22. The first-order valence-electron chi connectivity index (χ1n) is 5.70. The van der Waals surface area contributed by atoms with Crippen LogP contribution in [0.15, 0.2) is 53.1 Å². The molecule has 3 rings (SSSR count). The van der Waals surface area contributed by atoms with E-state index in [1.54, 1.807) is 0 Å². The molecule has 4 heteroatoms. The van der Waals surface area contributed by atoms with Crippen LogP contribution in [0.1, 0.15) is 5.56 Å². The standard InChI is InChI=1S/C14H12BrN3/c15-12-5-10(8-16)6-13(7-12)18-14-4-2-1-3-11(14)9-17-18/h1-7,9H,8,16H2. The van der Waals surface area contributed by atoms with Gasteiger partial charge in [0, 0.05) is 16.4 Å². The molecule has 0 saturated carbocycles. The molecule has 3 aromatic rings. The van der Waals surface area contributed by atoms with Gasteiger partial charge in [0.1, 0.15) is 0 Å². The number of benzene rings is 2. The van der Waals surface area contributed by atoms with Gasteiger partial charge in [0.15, 0.2) is 0 Å². The second kappa shape index (κ2) is 4.55. The molecule has 2 N–H and O–H groups in total. The van der Waals surface area contributed by atoms with Crippen LogP contribution in [0.25, 0.3) is 16.6 Å². The molecule has 0 fully saturated rings. The van der Waals surface area contributed by atoms with Crippen molar-refractivity contribution >= 4 is 26.8 Å². The van der Waals surface area contributed by atoms with Crippen molar-refractivity contribution in [3.8, 4) is 5.69 Å². The first-order chi connectivity index (χ1) is 8.78. The van der Waals surface area contributed by atoms with E-state index in [9.17, 15) is 0 Å². The van der Waals surface area contributed by atoms with Crippen LogP contribution in [0.4, 0.5) is 0 Å². The zero-order valence-electron chi connectivity index (χ0n) is 9.68. The minimum atomic E-state index is 0.519. The minimum absolute atomic E-state index is 0.519. The molecule has 0 atom stereocenters. The summed E-state index contributed by atoms with van der Waals surface area (Å²) in [6.45, 7) is 0.519. The molecule has 0 aliphatic heterocycles. The van der Waals surface area contributed by atoms with Crippen molar-refractivity contribution in [1.82, 2.24) is 9.78 Å². The molecule has 0 bridgehead atoms. The minimum Gasteiger partial charge on any atom is -0.326 e. The molecular weight excluding hydrogens is 290 g/mol. The van der Waals surface area contributed by atoms with E-state index in [-0.39, 0.29) is 0 Å². The number of para-hydroxylation sites is 1. The number of aromatic nitrogens is 2. The van der Waals surface area contributed by atoms with E-state index >= 15 is 0 Å². The Morgan fingerprint density at radius 3 is 2.83 bits per heavy atom. The normalized spacial score (nSPS) is 11.0. The lowest BCUT2D eigenvalue weighted by atomic mass is 10.2. The predicted molar refractivity (Wildman–Crippen MR) is 76.7 cm³/mol. The maximum atomic E-state index is 5.70. The fourth-order valence-electron chi connectivity index (χ4n) is 2.05. The molecule has 2 aromatic carbocycles. The first kappa shape index (κ1) is 11.4. The molecule has 90 valence electrons. The molecule has 0 amide bonds. The van der Waals surface area contributed by atoms with Crippen molar-refractivity contribution in [2.24, 2.45) is 5.73 Å². The molecule has 0 radical (unpaired) electrons. The van der Waals surface area contributed by atoms with Gasteiger partial charge in [-0.2, -0.15) is 5.10 Å². The molecule has 18 heavy (non-hydrogen) atoms. The highest BCUT2D eigenvalue weighted by Crippen LogP contribution is 2.22. The van der Waals surface area contributed by atoms with Crippen LogP contribution in [-0.4, -0.2) is 9.78 Å². The largest absolute Gasteiger partial charge is 0.326 e. The molecule has 3 nitrogen and oxygen atoms in total. The summed E-state index contributed by atoms with van der Waals surface area (Å²) in [6, 6.07) is 14.3. The lowest BCUT2D eigenvalue weighted by molar-refractivity contribution is 0.904. The molecule has 0 aliphatic carbocycles. The van der Waals surface area contributed by atoms with Gasteiger partial charge in [0.2, 0.25) is 0 Å². The zero-order valence-corrected chi connectivity index (χ0v) is 11.3. The highest BCUT2D eigenvalue weighted by atomic mass is 79.9. The van der Waals surface area contributed by atoms with E-state index in [0.717, 1.165) is 26.6 Å². The van der Waals surface area contributed by atoms with Crippen LogP contribution in [0.2, 0.25) is 0 Å². The number of fused-ring (bicyclic) bond motifs is 1. The van der Waals surface area contributed by atoms with E-state index in [1.165, 1.54) is 0 Å². The fourth-order valence-corrected chi connectivity index (χ4v) is 2.58. The van der Waals surface area contributed by atoms with E-state index in [1.807, 2.05) is 35.1 Å². The number of hydrogen-bond donors (Lipinski definition) is 1. The molecule has 0 unspecified atom stereocenters. The van der Waals surface area contributed by atoms with Crippen molar-refractivity contribution in [3.05, 3.63) is 58.7 Å². The summed E-state index contributed by atoms with van der Waals surface area (Å²) in [5.41, 5.74) is 8.90. The van der Waals surface area contributed by atoms with Crippen LogP contribution >= 0.6 is 15.9 Å². The third-order valence-electron chi connectivity index (χ3n) is 2.90. The number of nitrogens with zero attached hydrogens (tertiary/aromatic N) is 2. The summed E-state index contributed by atoms with van der Waals surface area (Å²) in [5.74, 6) is 0. The number of nitrogens with two attached hydrogens (primary N) is 1. The third kappa shape index (κ3) is 1.94. The van der Waals surface area contributed by atoms with Gasteiger partial charge < -0.3 is 5.73 Å². The van der Waals surface area contributed by atoms with Crippen LogP contribution in [0.5, 0.6) is 0 Å². The Bertz CT molecular complexity index is 703. The highest BCUT2D eigenvalue weighted by molar-refractivity contribution is 9.10. The summed E-state index contributed by atoms with van der Waals surface area (Å²) in [7, 11) is 0. The number of halogens is 1. The van der Waals surface area contributed by atoms with Gasteiger partial charge in [-0.15, -0.1) is 0 Å². The van der Waals surface area contributed by atoms with Gasteiger partial charge in [0.25, 0.3) is 0 Å². The lowest BCUT2D eigenvalue weighted by Crippen LogP contribution is -2.01. The number of rotatable bonds is 2. The topological polar surface area (TPSA) is 43.8 Å². The van der Waals surface area contributed by atoms with Crippen molar-refractivity contribution in [2.75, 3.05) is 0 Å². The molecule has 0 aliphatic rings. The maximum absolute atomic E-state index is 5.70. The van der Waals surface area contributed by atoms with Crippen molar-refractivity contribution in [3.63, 3.8) is 0 Å². The Hall–Kier alpha value is -1.65. The second-order valence-electron chi connectivity index (χ2n) is 4.14. The van der Waals surface area contributed by atoms with Crippen molar-refractivity contribution < 1.29 is 0 Å². The Labute approximate surface area is 113 Å². The Morgan fingerprint density at radius 2 is 2.00 bits per heavy atom. The van der Waals surface area contributed by atoms with Gasteiger partial charge >= 0.3 is 0 Å². The Morgan fingerprint density at radius 1 is 1.17 bits per heavy atom. The van der Waals surface area contributed by atoms with Crippen LogP contribution < -0.4 is 5.73 Å². The first-order valence-corrected chi connectivity index (χ1v) is 6.50. The average molecular weight is 302 g/mol. The second-order valence-corrected chi connectivity index (χ2v) is 5.05. The molecule has 1 aromatic heterocycles. The summed E-state index contributed by atoms with van der Waals surface area (Å²) < 4.78 is 2.94. The van der Waals surface area contributed by atoms with Crippen molar-refractivity contribution in [1.29, 1.82) is 0 Å². The van der Waals surface area contributed by atoms with Gasteiger partial charge in [-0.1, -0.05) is 34.1 Å². The van der Waals surface area contributed by atoms with E-state index in [2.05, 4.69) is 39.2 Å².